The predicted octanol–water partition coefficient (Wildman–Crippen LogP) is 6.20. The molecule has 4 aromatic rings. The van der Waals surface area contributed by atoms with Gasteiger partial charge in [-0.3, -0.25) is 0 Å². The van der Waals surface area contributed by atoms with Crippen LogP contribution in [-0.2, 0) is 10.0 Å². The minimum absolute atomic E-state index is 0.0588. The maximum Gasteiger partial charge on any atom is 0.211 e. The van der Waals surface area contributed by atoms with Crippen LogP contribution in [0.5, 0.6) is 5.75 Å². The molecule has 228 valence electrons. The molecule has 0 aliphatic heterocycles. The number of nitrogens with one attached hydrogen (secondary N) is 2. The van der Waals surface area contributed by atoms with E-state index >= 15 is 0 Å². The van der Waals surface area contributed by atoms with Crippen molar-refractivity contribution in [2.45, 2.75) is 58.0 Å². The van der Waals surface area contributed by atoms with Crippen molar-refractivity contribution in [1.82, 2.24) is 14.3 Å². The Morgan fingerprint density at radius 2 is 1.91 bits per heavy atom. The van der Waals surface area contributed by atoms with Crippen LogP contribution in [0.2, 0.25) is 5.02 Å². The first-order valence-electron chi connectivity index (χ1n) is 14.3. The third-order valence-electron chi connectivity index (χ3n) is 7.70. The molecule has 43 heavy (non-hydrogen) atoms. The van der Waals surface area contributed by atoms with Gasteiger partial charge in [-0.1, -0.05) is 24.6 Å². The van der Waals surface area contributed by atoms with Crippen molar-refractivity contribution in [1.29, 1.82) is 0 Å². The normalized spacial score (nSPS) is 17.7. The first-order chi connectivity index (χ1) is 20.6. The molecule has 12 heteroatoms. The van der Waals surface area contributed by atoms with E-state index in [2.05, 4.69) is 20.1 Å². The summed E-state index contributed by atoms with van der Waals surface area (Å²) in [7, 11) is -1.64. The van der Waals surface area contributed by atoms with Gasteiger partial charge in [0.15, 0.2) is 0 Å². The molecule has 5 rings (SSSR count). The fourth-order valence-electron chi connectivity index (χ4n) is 5.54. The van der Waals surface area contributed by atoms with Crippen LogP contribution in [0.25, 0.3) is 16.6 Å². The average molecular weight is 627 g/mol. The minimum atomic E-state index is -3.28. The van der Waals surface area contributed by atoms with Gasteiger partial charge in [0.2, 0.25) is 10.0 Å². The van der Waals surface area contributed by atoms with Crippen LogP contribution in [0.1, 0.15) is 50.2 Å². The summed E-state index contributed by atoms with van der Waals surface area (Å²) in [5.41, 5.74) is 11.9. The van der Waals surface area contributed by atoms with Crippen LogP contribution >= 0.6 is 11.6 Å². The zero-order valence-electron chi connectivity index (χ0n) is 24.4. The first-order valence-corrected chi connectivity index (χ1v) is 16.3. The Hall–Kier alpha value is -3.67. The molecule has 1 aliphatic carbocycles. The van der Waals surface area contributed by atoms with Crippen molar-refractivity contribution in [3.63, 3.8) is 0 Å². The Bertz CT molecular complexity index is 1770. The van der Waals surface area contributed by atoms with Gasteiger partial charge in [0.25, 0.3) is 0 Å². The number of sulfonamides is 1. The fourth-order valence-corrected chi connectivity index (χ4v) is 7.10. The second-order valence-corrected chi connectivity index (χ2v) is 13.2. The molecule has 1 fully saturated rings. The average Bonchev–Trinajstić information content (AvgIpc) is 3.40. The number of aliphatic imine (C=N–C) groups is 1. The van der Waals surface area contributed by atoms with E-state index in [0.717, 1.165) is 46.5 Å². The lowest BCUT2D eigenvalue weighted by atomic mass is 9.91. The van der Waals surface area contributed by atoms with E-state index in [4.69, 9.17) is 22.1 Å². The zero-order valence-corrected chi connectivity index (χ0v) is 26.0. The van der Waals surface area contributed by atoms with Gasteiger partial charge in [0, 0.05) is 29.9 Å². The Kier molecular flexibility index (Phi) is 9.24. The topological polar surface area (TPSA) is 123 Å². The molecule has 0 bridgehead atoms. The van der Waals surface area contributed by atoms with Gasteiger partial charge < -0.3 is 15.8 Å². The van der Waals surface area contributed by atoms with E-state index < -0.39 is 15.8 Å². The number of nitrogens with zero attached hydrogens (tertiary/aromatic N) is 3. The number of nitrogens with two attached hydrogens (primary N) is 1. The molecule has 9 nitrogen and oxygen atoms in total. The van der Waals surface area contributed by atoms with Crippen LogP contribution in [0.3, 0.4) is 0 Å². The van der Waals surface area contributed by atoms with E-state index in [0.29, 0.717) is 24.8 Å². The largest absolute Gasteiger partial charge is 0.497 e. The summed E-state index contributed by atoms with van der Waals surface area (Å²) in [4.78, 5) is 4.46. The third kappa shape index (κ3) is 7.11. The van der Waals surface area contributed by atoms with E-state index in [1.54, 1.807) is 17.8 Å². The smallest absolute Gasteiger partial charge is 0.211 e. The highest BCUT2D eigenvalue weighted by molar-refractivity contribution is 7.89. The third-order valence-corrected chi connectivity index (χ3v) is 9.66. The van der Waals surface area contributed by atoms with Crippen molar-refractivity contribution in [3.05, 3.63) is 76.8 Å². The number of hydrogen-bond acceptors (Lipinski definition) is 6. The molecule has 2 heterocycles. The zero-order chi connectivity index (χ0) is 30.7. The van der Waals surface area contributed by atoms with Gasteiger partial charge in [-0.05, 0) is 80.5 Å². The van der Waals surface area contributed by atoms with E-state index in [1.807, 2.05) is 44.3 Å². The maximum atomic E-state index is 14.0. The number of hydrogen-bond donors (Lipinski definition) is 3. The van der Waals surface area contributed by atoms with Crippen molar-refractivity contribution >= 4 is 44.4 Å². The Labute approximate surface area is 256 Å². The Morgan fingerprint density at radius 3 is 2.60 bits per heavy atom. The first kappa shape index (κ1) is 30.8. The highest BCUT2D eigenvalue weighted by atomic mass is 35.5. The number of ether oxygens (including phenoxy) is 1. The SMILES string of the molecule is CCCS(=O)(=O)N[C@H]1CC[C@@H](Nc2c(C(N)=Nc3cc(F)ccc3Cl)cnn3cc(-c4ccc(OC)cc4C)cc23)CC1. The molecular formula is C31H36ClFN6O3S. The fraction of sp³-hybridized carbons (Fsp3) is 0.355. The molecule has 0 amide bonds. The summed E-state index contributed by atoms with van der Waals surface area (Å²) in [6.45, 7) is 3.88. The lowest BCUT2D eigenvalue weighted by Crippen LogP contribution is -2.41. The summed E-state index contributed by atoms with van der Waals surface area (Å²) < 4.78 is 48.6. The number of rotatable bonds is 10. The number of aromatic nitrogens is 2. The second-order valence-electron chi connectivity index (χ2n) is 10.9. The lowest BCUT2D eigenvalue weighted by molar-refractivity contribution is 0.387. The summed E-state index contributed by atoms with van der Waals surface area (Å²) in [6.07, 6.45) is 7.09. The molecule has 0 radical (unpaired) electrons. The molecule has 0 atom stereocenters. The number of fused-ring (bicyclic) bond motifs is 1. The standard InChI is InChI=1S/C31H36ClFN6O3S/c1-4-13-43(40,41)38-23-8-6-22(7-9-23)36-30-26(31(34)37-28-16-21(33)5-12-27(28)32)17-35-39-18-20(15-29(30)39)25-11-10-24(42-3)14-19(25)2/h5,10-12,14-18,22-23,36,38H,4,6-9,13H2,1-3H3,(H2,34,37)/t22-,23+. The number of amidine groups is 1. The van der Waals surface area contributed by atoms with Crippen molar-refractivity contribution in [2.24, 2.45) is 10.7 Å². The van der Waals surface area contributed by atoms with Gasteiger partial charge in [0.05, 0.1) is 46.5 Å². The van der Waals surface area contributed by atoms with Gasteiger partial charge in [-0.2, -0.15) is 5.10 Å². The van der Waals surface area contributed by atoms with Crippen molar-refractivity contribution in [2.75, 3.05) is 18.2 Å². The Morgan fingerprint density at radius 1 is 1.16 bits per heavy atom. The van der Waals surface area contributed by atoms with E-state index in [-0.39, 0.29) is 34.4 Å². The maximum absolute atomic E-state index is 14.0. The number of benzene rings is 2. The number of methoxy groups -OCH3 is 1. The van der Waals surface area contributed by atoms with Crippen LogP contribution < -0.4 is 20.5 Å². The van der Waals surface area contributed by atoms with Gasteiger partial charge in [-0.25, -0.2) is 27.0 Å². The predicted molar refractivity (Wildman–Crippen MR) is 171 cm³/mol. The van der Waals surface area contributed by atoms with Crippen molar-refractivity contribution in [3.8, 4) is 16.9 Å². The Balaban J connectivity index is 1.51. The monoisotopic (exact) mass is 626 g/mol. The highest BCUT2D eigenvalue weighted by Crippen LogP contribution is 2.34. The summed E-state index contributed by atoms with van der Waals surface area (Å²) in [5, 5.41) is 8.56. The van der Waals surface area contributed by atoms with E-state index in [9.17, 15) is 12.8 Å². The summed E-state index contributed by atoms with van der Waals surface area (Å²) in [5.74, 6) is 0.567. The molecule has 0 unspecified atom stereocenters. The van der Waals surface area contributed by atoms with E-state index in [1.165, 1.54) is 18.2 Å². The van der Waals surface area contributed by atoms with Crippen molar-refractivity contribution < 1.29 is 17.5 Å². The minimum Gasteiger partial charge on any atom is -0.497 e. The molecule has 4 N–H and O–H groups in total. The van der Waals surface area contributed by atoms with Gasteiger partial charge >= 0.3 is 0 Å². The molecule has 0 spiro atoms. The van der Waals surface area contributed by atoms with Crippen LogP contribution in [0, 0.1) is 12.7 Å². The molecule has 2 aromatic carbocycles. The molecule has 0 saturated heterocycles. The molecule has 1 aliphatic rings. The molecule has 2 aromatic heterocycles. The van der Waals surface area contributed by atoms with Crippen LogP contribution in [-0.4, -0.2) is 48.8 Å². The highest BCUT2D eigenvalue weighted by Gasteiger charge is 2.26. The summed E-state index contributed by atoms with van der Waals surface area (Å²) in [6, 6.07) is 11.9. The molecule has 1 saturated carbocycles. The second kappa shape index (κ2) is 12.9. The quantitative estimate of drug-likeness (QED) is 0.142. The van der Waals surface area contributed by atoms with Crippen LogP contribution in [0.15, 0.2) is 59.9 Å². The van der Waals surface area contributed by atoms with Gasteiger partial charge in [0.1, 0.15) is 17.4 Å². The number of anilines is 1. The summed E-state index contributed by atoms with van der Waals surface area (Å²) >= 11 is 6.28. The lowest BCUT2D eigenvalue weighted by Gasteiger charge is -2.30. The van der Waals surface area contributed by atoms with Crippen LogP contribution in [0.4, 0.5) is 15.8 Å². The molecular weight excluding hydrogens is 591 g/mol. The van der Waals surface area contributed by atoms with Gasteiger partial charge in [-0.15, -0.1) is 0 Å². The number of aryl methyl sites for hydroxylation is 1. The number of halogens is 2.